The summed E-state index contributed by atoms with van der Waals surface area (Å²) < 4.78 is 1.62. The summed E-state index contributed by atoms with van der Waals surface area (Å²) >= 11 is 0. The topological polar surface area (TPSA) is 90.2 Å². The molecular weight excluding hydrogens is 305 g/mol. The van der Waals surface area contributed by atoms with Crippen LogP contribution in [0.5, 0.6) is 0 Å². The van der Waals surface area contributed by atoms with Gasteiger partial charge in [0.25, 0.3) is 0 Å². The first-order valence-corrected chi connectivity index (χ1v) is 6.12. The van der Waals surface area contributed by atoms with E-state index >= 15 is 0 Å². The molecule has 1 saturated heterocycles. The summed E-state index contributed by atoms with van der Waals surface area (Å²) in [7, 11) is 0. The molecule has 9 heteroatoms. The Kier molecular flexibility index (Phi) is 7.43. The first-order chi connectivity index (χ1) is 8.52. The minimum Gasteiger partial charge on any atom is -0.330 e. The van der Waals surface area contributed by atoms with Gasteiger partial charge in [-0.3, -0.25) is 14.8 Å². The van der Waals surface area contributed by atoms with Crippen molar-refractivity contribution >= 4 is 30.5 Å². The van der Waals surface area contributed by atoms with Crippen LogP contribution in [-0.2, 0) is 6.54 Å². The Morgan fingerprint density at radius 3 is 2.70 bits per heavy atom. The summed E-state index contributed by atoms with van der Waals surface area (Å²) in [5.41, 5.74) is 6.02. The maximum Gasteiger partial charge on any atom is 0.306 e. The van der Waals surface area contributed by atoms with Crippen molar-refractivity contribution in [1.29, 1.82) is 0 Å². The molecule has 0 amide bonds. The van der Waals surface area contributed by atoms with Crippen LogP contribution in [-0.4, -0.2) is 45.8 Å². The Morgan fingerprint density at radius 2 is 2.20 bits per heavy atom. The maximum absolute atomic E-state index is 10.5. The van der Waals surface area contributed by atoms with E-state index < -0.39 is 4.92 Å². The van der Waals surface area contributed by atoms with Gasteiger partial charge in [-0.25, -0.2) is 0 Å². The van der Waals surface area contributed by atoms with Crippen molar-refractivity contribution in [3.05, 3.63) is 22.5 Å². The van der Waals surface area contributed by atoms with Gasteiger partial charge in [-0.05, 0) is 24.9 Å². The van der Waals surface area contributed by atoms with Gasteiger partial charge < -0.3 is 10.6 Å². The number of halogens is 2. The Bertz CT molecular complexity index is 442. The second kappa shape index (κ2) is 7.78. The van der Waals surface area contributed by atoms with Gasteiger partial charge in [-0.2, -0.15) is 5.10 Å². The van der Waals surface area contributed by atoms with Gasteiger partial charge >= 0.3 is 5.69 Å². The van der Waals surface area contributed by atoms with Crippen LogP contribution in [0.2, 0.25) is 0 Å². The van der Waals surface area contributed by atoms with Crippen molar-refractivity contribution in [3.63, 3.8) is 0 Å². The summed E-state index contributed by atoms with van der Waals surface area (Å²) in [4.78, 5) is 12.4. The number of rotatable bonds is 5. The molecule has 1 aromatic rings. The highest BCUT2D eigenvalue weighted by atomic mass is 35.5. The van der Waals surface area contributed by atoms with Crippen LogP contribution in [0.15, 0.2) is 12.4 Å². The third kappa shape index (κ3) is 4.59. The summed E-state index contributed by atoms with van der Waals surface area (Å²) in [6.07, 6.45) is 3.87. The Labute approximate surface area is 130 Å². The van der Waals surface area contributed by atoms with Crippen molar-refractivity contribution < 1.29 is 4.92 Å². The molecule has 1 atom stereocenters. The lowest BCUT2D eigenvalue weighted by Crippen LogP contribution is -2.32. The molecule has 1 aromatic heterocycles. The smallest absolute Gasteiger partial charge is 0.306 e. The lowest BCUT2D eigenvalue weighted by Gasteiger charge is -2.22. The van der Waals surface area contributed by atoms with Crippen LogP contribution < -0.4 is 5.73 Å². The van der Waals surface area contributed by atoms with Crippen molar-refractivity contribution in [2.24, 2.45) is 11.1 Å². The fourth-order valence-corrected chi connectivity index (χ4v) is 2.30. The van der Waals surface area contributed by atoms with E-state index in [0.29, 0.717) is 13.1 Å². The number of nitro groups is 1. The minimum absolute atomic E-state index is 0. The molecule has 2 rings (SSSR count). The van der Waals surface area contributed by atoms with Gasteiger partial charge in [-0.1, -0.05) is 6.92 Å². The Balaban J connectivity index is 0.00000180. The van der Waals surface area contributed by atoms with E-state index in [1.54, 1.807) is 4.68 Å². The van der Waals surface area contributed by atoms with Gasteiger partial charge in [0.1, 0.15) is 12.4 Å². The van der Waals surface area contributed by atoms with E-state index in [0.717, 1.165) is 26.1 Å². The molecule has 116 valence electrons. The molecule has 1 fully saturated rings. The number of nitrogens with two attached hydrogens (primary N) is 1. The SMILES string of the molecule is CC1(CN)CCN(CCn2cc([N+](=O)[O-])cn2)C1.Cl.Cl. The first kappa shape index (κ1) is 19.1. The lowest BCUT2D eigenvalue weighted by molar-refractivity contribution is -0.385. The zero-order valence-corrected chi connectivity index (χ0v) is 13.0. The lowest BCUT2D eigenvalue weighted by atomic mass is 9.90. The van der Waals surface area contributed by atoms with E-state index in [4.69, 9.17) is 5.73 Å². The highest BCUT2D eigenvalue weighted by Gasteiger charge is 2.31. The van der Waals surface area contributed by atoms with E-state index in [-0.39, 0.29) is 35.9 Å². The zero-order valence-electron chi connectivity index (χ0n) is 11.4. The zero-order chi connectivity index (χ0) is 13.2. The van der Waals surface area contributed by atoms with Gasteiger partial charge in [0, 0.05) is 13.1 Å². The van der Waals surface area contributed by atoms with Gasteiger partial charge in [0.15, 0.2) is 0 Å². The number of likely N-dealkylation sites (tertiary alicyclic amines) is 1. The van der Waals surface area contributed by atoms with E-state index in [1.165, 1.54) is 12.4 Å². The number of hydrogen-bond acceptors (Lipinski definition) is 5. The highest BCUT2D eigenvalue weighted by molar-refractivity contribution is 5.85. The van der Waals surface area contributed by atoms with Crippen LogP contribution in [0.25, 0.3) is 0 Å². The minimum atomic E-state index is -0.426. The van der Waals surface area contributed by atoms with Crippen LogP contribution in [0.4, 0.5) is 5.69 Å². The van der Waals surface area contributed by atoms with Crippen molar-refractivity contribution in [2.75, 3.05) is 26.2 Å². The fourth-order valence-electron chi connectivity index (χ4n) is 2.30. The predicted octanol–water partition coefficient (Wildman–Crippen LogP) is 1.31. The molecule has 0 spiro atoms. The average molecular weight is 326 g/mol. The van der Waals surface area contributed by atoms with Crippen LogP contribution >= 0.6 is 24.8 Å². The molecule has 0 radical (unpaired) electrons. The molecule has 0 aliphatic carbocycles. The molecule has 0 bridgehead atoms. The number of aromatic nitrogens is 2. The van der Waals surface area contributed by atoms with E-state index in [1.807, 2.05) is 0 Å². The van der Waals surface area contributed by atoms with Gasteiger partial charge in [-0.15, -0.1) is 24.8 Å². The maximum atomic E-state index is 10.5. The predicted molar refractivity (Wildman–Crippen MR) is 81.6 cm³/mol. The van der Waals surface area contributed by atoms with Crippen molar-refractivity contribution in [2.45, 2.75) is 19.9 Å². The molecule has 2 heterocycles. The fraction of sp³-hybridized carbons (Fsp3) is 0.727. The van der Waals surface area contributed by atoms with Gasteiger partial charge in [0.05, 0.1) is 11.5 Å². The van der Waals surface area contributed by atoms with Gasteiger partial charge in [0.2, 0.25) is 0 Å². The molecular formula is C11H21Cl2N5O2. The van der Waals surface area contributed by atoms with E-state index in [2.05, 4.69) is 16.9 Å². The van der Waals surface area contributed by atoms with Crippen LogP contribution in [0.1, 0.15) is 13.3 Å². The quantitative estimate of drug-likeness (QED) is 0.651. The number of nitrogens with zero attached hydrogens (tertiary/aromatic N) is 4. The Morgan fingerprint density at radius 1 is 1.50 bits per heavy atom. The summed E-state index contributed by atoms with van der Waals surface area (Å²) in [6, 6.07) is 0. The largest absolute Gasteiger partial charge is 0.330 e. The van der Waals surface area contributed by atoms with Crippen molar-refractivity contribution in [1.82, 2.24) is 14.7 Å². The average Bonchev–Trinajstić information content (AvgIpc) is 2.94. The standard InChI is InChI=1S/C11H19N5O2.2ClH/c1-11(8-12)2-3-14(9-11)4-5-15-7-10(6-13-15)16(17)18;;/h6-7H,2-5,8-9,12H2,1H3;2*1H. The summed E-state index contributed by atoms with van der Waals surface area (Å²) in [5.74, 6) is 0. The van der Waals surface area contributed by atoms with Crippen molar-refractivity contribution in [3.8, 4) is 0 Å². The molecule has 0 aromatic carbocycles. The Hall–Kier alpha value is -0.890. The second-order valence-electron chi connectivity index (χ2n) is 5.26. The highest BCUT2D eigenvalue weighted by Crippen LogP contribution is 2.28. The monoisotopic (exact) mass is 325 g/mol. The molecule has 20 heavy (non-hydrogen) atoms. The van der Waals surface area contributed by atoms with E-state index in [9.17, 15) is 10.1 Å². The van der Waals surface area contributed by atoms with Crippen LogP contribution in [0.3, 0.4) is 0 Å². The normalized spacial score (nSPS) is 22.1. The molecule has 1 unspecified atom stereocenters. The summed E-state index contributed by atoms with van der Waals surface area (Å²) in [6.45, 7) is 6.47. The molecule has 2 N–H and O–H groups in total. The number of hydrogen-bond donors (Lipinski definition) is 1. The molecule has 7 nitrogen and oxygen atoms in total. The summed E-state index contributed by atoms with van der Waals surface area (Å²) in [5, 5.41) is 14.5. The third-order valence-electron chi connectivity index (χ3n) is 3.61. The molecule has 1 aliphatic heterocycles. The van der Waals surface area contributed by atoms with Crippen LogP contribution in [0, 0.1) is 15.5 Å². The molecule has 0 saturated carbocycles. The third-order valence-corrected chi connectivity index (χ3v) is 3.61. The first-order valence-electron chi connectivity index (χ1n) is 6.12. The molecule has 1 aliphatic rings. The second-order valence-corrected chi connectivity index (χ2v) is 5.26.